The van der Waals surface area contributed by atoms with Gasteiger partial charge in [0.05, 0.1) is 32.0 Å². The van der Waals surface area contributed by atoms with Gasteiger partial charge in [-0.2, -0.15) is 0 Å². The number of benzene rings is 5. The predicted octanol–water partition coefficient (Wildman–Crippen LogP) is 8.38. The van der Waals surface area contributed by atoms with Crippen LogP contribution in [0.3, 0.4) is 0 Å². The highest BCUT2D eigenvalue weighted by Crippen LogP contribution is 2.56. The van der Waals surface area contributed by atoms with Crippen molar-refractivity contribution in [2.24, 2.45) is 0 Å². The van der Waals surface area contributed by atoms with Crippen LogP contribution in [0.25, 0.3) is 0 Å². The Morgan fingerprint density at radius 3 is 1.76 bits per heavy atom. The Kier molecular flexibility index (Phi) is 12.3. The predicted molar refractivity (Wildman–Crippen MR) is 213 cm³/mol. The molecule has 0 spiro atoms. The van der Waals surface area contributed by atoms with Crippen molar-refractivity contribution in [2.45, 2.75) is 102 Å². The molecule has 2 N–H and O–H groups in total. The molecule has 0 unspecified atom stereocenters. The van der Waals surface area contributed by atoms with E-state index in [-0.39, 0.29) is 26.4 Å². The van der Waals surface area contributed by atoms with Gasteiger partial charge < -0.3 is 33.9 Å². The molecule has 7 nitrogen and oxygen atoms in total. The Balaban J connectivity index is 1.30. The second-order valence-electron chi connectivity index (χ2n) is 15.5. The van der Waals surface area contributed by atoms with E-state index in [1.54, 1.807) is 13.8 Å². The van der Waals surface area contributed by atoms with Crippen molar-refractivity contribution in [3.05, 3.63) is 178 Å². The van der Waals surface area contributed by atoms with E-state index >= 15 is 0 Å². The maximum Gasteiger partial charge on any atom is 0.225 e. The molecule has 0 aliphatic carbocycles. The molecule has 2 fully saturated rings. The van der Waals surface area contributed by atoms with Gasteiger partial charge >= 0.3 is 0 Å². The number of rotatable bonds is 17. The highest BCUT2D eigenvalue weighted by atomic mass is 16.8. The molecule has 2 bridgehead atoms. The summed E-state index contributed by atoms with van der Waals surface area (Å²) in [7, 11) is 0. The highest BCUT2D eigenvalue weighted by molar-refractivity contribution is 5.40. The van der Waals surface area contributed by atoms with Gasteiger partial charge in [0.15, 0.2) is 5.60 Å². The molecule has 5 aromatic carbocycles. The Morgan fingerprint density at radius 2 is 1.20 bits per heavy atom. The van der Waals surface area contributed by atoms with Gasteiger partial charge in [0, 0.05) is 12.2 Å². The standard InChI is InChI=1S/C48H54O7/c1-35-22-27-42(30-41(35)29-37-25-23-36(24-26-37)15-13-14-28-49)48-45(53-33-40-20-11-6-12-21-40)43(51-31-38-16-7-4-8-17-38)44(52-32-39-18-9-5-10-19-39)47(55-48,34-54-48)46(2,3)50/h4-12,16-27,30,43-45,49-50H,13-15,28-29,31-34H2,1-3H3/t43-,44-,45+,47-,48-/m0/s1. The van der Waals surface area contributed by atoms with Crippen molar-refractivity contribution in [3.8, 4) is 0 Å². The molecule has 55 heavy (non-hydrogen) atoms. The molecule has 288 valence electrons. The third-order valence-electron chi connectivity index (χ3n) is 11.2. The average Bonchev–Trinajstić information content (AvgIpc) is 3.58. The lowest BCUT2D eigenvalue weighted by molar-refractivity contribution is -0.369. The van der Waals surface area contributed by atoms with Crippen LogP contribution in [0, 0.1) is 6.92 Å². The number of hydrogen-bond donors (Lipinski definition) is 2. The maximum atomic E-state index is 12.1. The van der Waals surface area contributed by atoms with E-state index in [1.165, 1.54) is 11.1 Å². The van der Waals surface area contributed by atoms with Crippen molar-refractivity contribution in [2.75, 3.05) is 13.2 Å². The molecular formula is C48H54O7. The first-order valence-electron chi connectivity index (χ1n) is 19.5. The fourth-order valence-electron chi connectivity index (χ4n) is 7.88. The molecule has 0 amide bonds. The summed E-state index contributed by atoms with van der Waals surface area (Å²) in [6.07, 6.45) is 1.17. The summed E-state index contributed by atoms with van der Waals surface area (Å²) in [6, 6.07) is 45.2. The van der Waals surface area contributed by atoms with Crippen LogP contribution in [0.5, 0.6) is 0 Å². The van der Waals surface area contributed by atoms with Gasteiger partial charge in [-0.25, -0.2) is 0 Å². The maximum absolute atomic E-state index is 12.1. The lowest BCUT2D eigenvalue weighted by Gasteiger charge is -2.54. The molecule has 0 aromatic heterocycles. The van der Waals surface area contributed by atoms with Gasteiger partial charge in [0.2, 0.25) is 5.79 Å². The fourth-order valence-corrected chi connectivity index (χ4v) is 7.88. The van der Waals surface area contributed by atoms with E-state index in [0.717, 1.165) is 59.1 Å². The normalized spacial score (nSPS) is 23.5. The lowest BCUT2D eigenvalue weighted by atomic mass is 9.74. The number of ether oxygens (including phenoxy) is 5. The molecule has 2 heterocycles. The van der Waals surface area contributed by atoms with E-state index in [1.807, 2.05) is 91.0 Å². The number of aliphatic hydroxyl groups excluding tert-OH is 1. The zero-order valence-corrected chi connectivity index (χ0v) is 32.2. The second kappa shape index (κ2) is 17.3. The molecule has 0 radical (unpaired) electrons. The fraction of sp³-hybridized carbons (Fsp3) is 0.375. The Morgan fingerprint density at radius 1 is 0.655 bits per heavy atom. The molecule has 2 aliphatic heterocycles. The minimum Gasteiger partial charge on any atom is -0.396 e. The smallest absolute Gasteiger partial charge is 0.225 e. The van der Waals surface area contributed by atoms with Gasteiger partial charge in [-0.3, -0.25) is 0 Å². The lowest BCUT2D eigenvalue weighted by Crippen LogP contribution is -2.72. The SMILES string of the molecule is Cc1ccc([C@]23OC[C@](C(C)(C)O)(O2)[C@@H](OCc2ccccc2)[C@H](OCc2ccccc2)[C@H]3OCc2ccccc2)cc1Cc1ccc(CCCCO)cc1. The topological polar surface area (TPSA) is 86.6 Å². The van der Waals surface area contributed by atoms with Crippen LogP contribution < -0.4 is 0 Å². The summed E-state index contributed by atoms with van der Waals surface area (Å²) in [5.41, 5.74) is 5.84. The van der Waals surface area contributed by atoms with Gasteiger partial charge in [0.25, 0.3) is 0 Å². The van der Waals surface area contributed by atoms with Crippen LogP contribution in [0.4, 0.5) is 0 Å². The van der Waals surface area contributed by atoms with Crippen LogP contribution in [-0.2, 0) is 62.1 Å². The molecular weight excluding hydrogens is 689 g/mol. The van der Waals surface area contributed by atoms with Crippen LogP contribution in [-0.4, -0.2) is 52.9 Å². The van der Waals surface area contributed by atoms with Gasteiger partial charge in [-0.15, -0.1) is 0 Å². The number of hydrogen-bond acceptors (Lipinski definition) is 7. The summed E-state index contributed by atoms with van der Waals surface area (Å²) < 4.78 is 35.1. The molecule has 5 atom stereocenters. The monoisotopic (exact) mass is 742 g/mol. The Bertz CT molecular complexity index is 1940. The number of unbranched alkanes of at least 4 members (excludes halogenated alkanes) is 1. The second-order valence-corrected chi connectivity index (χ2v) is 15.5. The summed E-state index contributed by atoms with van der Waals surface area (Å²) in [5, 5.41) is 21.3. The molecule has 2 aliphatic rings. The molecule has 5 aromatic rings. The van der Waals surface area contributed by atoms with E-state index in [2.05, 4.69) is 49.4 Å². The molecule has 0 saturated carbocycles. The van der Waals surface area contributed by atoms with Crippen LogP contribution >= 0.6 is 0 Å². The third-order valence-corrected chi connectivity index (χ3v) is 11.2. The first kappa shape index (κ1) is 39.1. The van der Waals surface area contributed by atoms with E-state index in [0.29, 0.717) is 6.61 Å². The zero-order chi connectivity index (χ0) is 38.3. The number of aryl methyl sites for hydroxylation is 2. The summed E-state index contributed by atoms with van der Waals surface area (Å²) in [6.45, 7) is 6.81. The quantitative estimate of drug-likeness (QED) is 0.0927. The van der Waals surface area contributed by atoms with E-state index in [9.17, 15) is 10.2 Å². The van der Waals surface area contributed by atoms with E-state index in [4.69, 9.17) is 23.7 Å². The summed E-state index contributed by atoms with van der Waals surface area (Å²) in [5.74, 6) is -1.43. The van der Waals surface area contributed by atoms with Crippen LogP contribution in [0.2, 0.25) is 0 Å². The van der Waals surface area contributed by atoms with Crippen LogP contribution in [0.1, 0.15) is 71.2 Å². The average molecular weight is 743 g/mol. The number of aliphatic hydroxyl groups is 2. The van der Waals surface area contributed by atoms with Crippen LogP contribution in [0.15, 0.2) is 133 Å². The molecule has 7 heteroatoms. The van der Waals surface area contributed by atoms with Crippen molar-refractivity contribution in [3.63, 3.8) is 0 Å². The minimum absolute atomic E-state index is 0.0628. The Hall–Kier alpha value is -4.18. The molecule has 7 rings (SSSR count). The van der Waals surface area contributed by atoms with Gasteiger partial charge in [0.1, 0.15) is 18.3 Å². The van der Waals surface area contributed by atoms with E-state index < -0.39 is 35.3 Å². The zero-order valence-electron chi connectivity index (χ0n) is 32.2. The van der Waals surface area contributed by atoms with Gasteiger partial charge in [-0.05, 0) is 91.5 Å². The first-order valence-corrected chi connectivity index (χ1v) is 19.5. The Labute approximate surface area is 325 Å². The summed E-state index contributed by atoms with van der Waals surface area (Å²) >= 11 is 0. The molecule has 2 saturated heterocycles. The van der Waals surface area contributed by atoms with Crippen molar-refractivity contribution >= 4 is 0 Å². The summed E-state index contributed by atoms with van der Waals surface area (Å²) in [4.78, 5) is 0. The highest BCUT2D eigenvalue weighted by Gasteiger charge is 2.73. The first-order chi connectivity index (χ1) is 26.7. The van der Waals surface area contributed by atoms with Crippen molar-refractivity contribution in [1.29, 1.82) is 0 Å². The largest absolute Gasteiger partial charge is 0.396 e. The minimum atomic E-state index is -1.43. The van der Waals surface area contributed by atoms with Gasteiger partial charge in [-0.1, -0.05) is 127 Å². The van der Waals surface area contributed by atoms with Crippen molar-refractivity contribution < 1.29 is 33.9 Å². The third kappa shape index (κ3) is 8.64. The number of fused-ring (bicyclic) bond motifs is 2. The van der Waals surface area contributed by atoms with Crippen molar-refractivity contribution in [1.82, 2.24) is 0 Å².